The Bertz CT molecular complexity index is 1210. The van der Waals surface area contributed by atoms with Gasteiger partial charge in [0.05, 0.1) is 20.0 Å². The summed E-state index contributed by atoms with van der Waals surface area (Å²) < 4.78 is 14.5. The monoisotopic (exact) mass is 415 g/mol. The summed E-state index contributed by atoms with van der Waals surface area (Å²) in [6, 6.07) is 3.31. The fourth-order valence-corrected chi connectivity index (χ4v) is 3.46. The van der Waals surface area contributed by atoms with Crippen LogP contribution in [0.15, 0.2) is 28.0 Å². The van der Waals surface area contributed by atoms with Crippen LogP contribution in [-0.4, -0.2) is 66.0 Å². The molecule has 4 rings (SSSR count). The zero-order valence-electron chi connectivity index (χ0n) is 16.8. The predicted octanol–water partition coefficient (Wildman–Crippen LogP) is -1.09. The molecule has 0 bridgehead atoms. The summed E-state index contributed by atoms with van der Waals surface area (Å²) in [4.78, 5) is 43.1. The SMILES string of the molecule is COc1ccc(OC2CCN(C(=O)Cn3cnc4c3c(=O)n(C)c(=O)n4C)C2)nn1. The number of amides is 1. The standard InChI is InChI=1S/C18H21N7O5/c1-22-16-15(17(27)23(2)18(22)28)25(10-19-16)9-14(26)24-7-6-11(8-24)30-13-5-4-12(29-3)20-21-13/h4-5,10-11H,6-9H2,1-3H3. The Labute approximate surface area is 170 Å². The number of ether oxygens (including phenoxy) is 2. The third kappa shape index (κ3) is 3.40. The molecule has 0 spiro atoms. The minimum absolute atomic E-state index is 0.0565. The van der Waals surface area contributed by atoms with Crippen LogP contribution >= 0.6 is 0 Å². The molecule has 0 aromatic carbocycles. The summed E-state index contributed by atoms with van der Waals surface area (Å²) in [7, 11) is 4.44. The zero-order chi connectivity index (χ0) is 21.4. The lowest BCUT2D eigenvalue weighted by Gasteiger charge is -2.17. The molecule has 30 heavy (non-hydrogen) atoms. The van der Waals surface area contributed by atoms with Gasteiger partial charge in [0.15, 0.2) is 11.2 Å². The van der Waals surface area contributed by atoms with Crippen molar-refractivity contribution < 1.29 is 14.3 Å². The topological polar surface area (TPSA) is 126 Å². The van der Waals surface area contributed by atoms with Crippen LogP contribution in [0.2, 0.25) is 0 Å². The summed E-state index contributed by atoms with van der Waals surface area (Å²) in [6.07, 6.45) is 1.85. The highest BCUT2D eigenvalue weighted by atomic mass is 16.5. The highest BCUT2D eigenvalue weighted by Gasteiger charge is 2.28. The van der Waals surface area contributed by atoms with E-state index in [0.717, 1.165) is 4.57 Å². The normalized spacial score (nSPS) is 16.2. The first-order valence-electron chi connectivity index (χ1n) is 9.32. The van der Waals surface area contributed by atoms with Gasteiger partial charge in [0.25, 0.3) is 5.56 Å². The minimum Gasteiger partial charge on any atom is -0.480 e. The number of hydrogen-bond acceptors (Lipinski definition) is 8. The van der Waals surface area contributed by atoms with E-state index in [0.29, 0.717) is 31.3 Å². The van der Waals surface area contributed by atoms with Gasteiger partial charge in [0, 0.05) is 39.2 Å². The van der Waals surface area contributed by atoms with Gasteiger partial charge in [-0.2, -0.15) is 0 Å². The number of methoxy groups -OCH3 is 1. The van der Waals surface area contributed by atoms with E-state index in [1.54, 1.807) is 17.0 Å². The second-order valence-corrected chi connectivity index (χ2v) is 7.03. The number of likely N-dealkylation sites (tertiary alicyclic amines) is 1. The molecule has 1 amide bonds. The van der Waals surface area contributed by atoms with Crippen LogP contribution in [0.1, 0.15) is 6.42 Å². The van der Waals surface area contributed by atoms with Crippen molar-refractivity contribution in [1.82, 2.24) is 33.8 Å². The predicted molar refractivity (Wildman–Crippen MR) is 104 cm³/mol. The molecule has 1 aliphatic rings. The van der Waals surface area contributed by atoms with Gasteiger partial charge in [-0.05, 0) is 0 Å². The van der Waals surface area contributed by atoms with Crippen LogP contribution in [0.5, 0.6) is 11.8 Å². The Hall–Kier alpha value is -3.70. The fraction of sp³-hybridized carbons (Fsp3) is 0.444. The van der Waals surface area contributed by atoms with Gasteiger partial charge in [-0.1, -0.05) is 0 Å². The highest BCUT2D eigenvalue weighted by Crippen LogP contribution is 2.18. The molecule has 1 fully saturated rings. The number of fused-ring (bicyclic) bond motifs is 1. The summed E-state index contributed by atoms with van der Waals surface area (Å²) in [5.41, 5.74) is -0.491. The lowest BCUT2D eigenvalue weighted by molar-refractivity contribution is -0.131. The van der Waals surface area contributed by atoms with Crippen LogP contribution in [0.4, 0.5) is 0 Å². The quantitative estimate of drug-likeness (QED) is 0.515. The van der Waals surface area contributed by atoms with Gasteiger partial charge in [-0.25, -0.2) is 9.78 Å². The molecule has 3 aromatic heterocycles. The van der Waals surface area contributed by atoms with E-state index < -0.39 is 11.2 Å². The number of carbonyl (C=O) groups excluding carboxylic acids is 1. The minimum atomic E-state index is -0.487. The summed E-state index contributed by atoms with van der Waals surface area (Å²) in [6.45, 7) is 0.866. The number of aryl methyl sites for hydroxylation is 1. The molecule has 4 heterocycles. The van der Waals surface area contributed by atoms with E-state index in [-0.39, 0.29) is 29.7 Å². The lowest BCUT2D eigenvalue weighted by Crippen LogP contribution is -2.38. The van der Waals surface area contributed by atoms with Crippen molar-refractivity contribution in [2.45, 2.75) is 19.1 Å². The number of nitrogens with zero attached hydrogens (tertiary/aromatic N) is 7. The second kappa shape index (κ2) is 7.61. The van der Waals surface area contributed by atoms with Gasteiger partial charge >= 0.3 is 5.69 Å². The highest BCUT2D eigenvalue weighted by molar-refractivity contribution is 5.79. The Morgan fingerprint density at radius 3 is 2.60 bits per heavy atom. The van der Waals surface area contributed by atoms with Crippen molar-refractivity contribution in [2.24, 2.45) is 14.1 Å². The number of carbonyl (C=O) groups is 1. The third-order valence-corrected chi connectivity index (χ3v) is 5.13. The van der Waals surface area contributed by atoms with Crippen LogP contribution in [0.3, 0.4) is 0 Å². The molecule has 12 nitrogen and oxygen atoms in total. The maximum absolute atomic E-state index is 12.8. The van der Waals surface area contributed by atoms with Crippen molar-refractivity contribution in [3.8, 4) is 11.8 Å². The number of aromatic nitrogens is 6. The number of hydrogen-bond donors (Lipinski definition) is 0. The second-order valence-electron chi connectivity index (χ2n) is 7.03. The average molecular weight is 415 g/mol. The fourth-order valence-electron chi connectivity index (χ4n) is 3.46. The first kappa shape index (κ1) is 19.6. The molecule has 1 saturated heterocycles. The van der Waals surface area contributed by atoms with Gasteiger partial charge in [-0.3, -0.25) is 18.7 Å². The van der Waals surface area contributed by atoms with Crippen molar-refractivity contribution >= 4 is 17.1 Å². The average Bonchev–Trinajstić information content (AvgIpc) is 3.38. The summed E-state index contributed by atoms with van der Waals surface area (Å²) >= 11 is 0. The molecule has 158 valence electrons. The number of imidazole rings is 1. The lowest BCUT2D eigenvalue weighted by atomic mass is 10.3. The molecular weight excluding hydrogens is 394 g/mol. The van der Waals surface area contributed by atoms with Crippen LogP contribution in [0.25, 0.3) is 11.2 Å². The van der Waals surface area contributed by atoms with Gasteiger partial charge in [0.2, 0.25) is 17.7 Å². The third-order valence-electron chi connectivity index (χ3n) is 5.13. The van der Waals surface area contributed by atoms with E-state index in [1.165, 1.54) is 36.7 Å². The Balaban J connectivity index is 1.46. The molecular formula is C18H21N7O5. The van der Waals surface area contributed by atoms with Crippen molar-refractivity contribution in [3.05, 3.63) is 39.3 Å². The van der Waals surface area contributed by atoms with Crippen LogP contribution < -0.4 is 20.7 Å². The molecule has 3 aromatic rings. The Morgan fingerprint density at radius 2 is 1.90 bits per heavy atom. The smallest absolute Gasteiger partial charge is 0.332 e. The molecule has 1 unspecified atom stereocenters. The Morgan fingerprint density at radius 1 is 1.17 bits per heavy atom. The van der Waals surface area contributed by atoms with E-state index in [1.807, 2.05) is 0 Å². The van der Waals surface area contributed by atoms with Crippen LogP contribution in [-0.2, 0) is 25.4 Å². The van der Waals surface area contributed by atoms with Gasteiger partial charge < -0.3 is 18.9 Å². The van der Waals surface area contributed by atoms with Crippen molar-refractivity contribution in [2.75, 3.05) is 20.2 Å². The molecule has 0 saturated carbocycles. The molecule has 1 atom stereocenters. The largest absolute Gasteiger partial charge is 0.480 e. The molecule has 0 N–H and O–H groups in total. The van der Waals surface area contributed by atoms with E-state index in [2.05, 4.69) is 15.2 Å². The first-order chi connectivity index (χ1) is 14.4. The summed E-state index contributed by atoms with van der Waals surface area (Å²) in [5.74, 6) is 0.582. The summed E-state index contributed by atoms with van der Waals surface area (Å²) in [5, 5.41) is 7.79. The van der Waals surface area contributed by atoms with E-state index in [9.17, 15) is 14.4 Å². The maximum Gasteiger partial charge on any atom is 0.332 e. The van der Waals surface area contributed by atoms with E-state index in [4.69, 9.17) is 9.47 Å². The maximum atomic E-state index is 12.8. The first-order valence-corrected chi connectivity index (χ1v) is 9.32. The van der Waals surface area contributed by atoms with Crippen molar-refractivity contribution in [1.29, 1.82) is 0 Å². The molecule has 1 aliphatic heterocycles. The van der Waals surface area contributed by atoms with Gasteiger partial charge in [-0.15, -0.1) is 10.2 Å². The molecule has 0 radical (unpaired) electrons. The van der Waals surface area contributed by atoms with Crippen molar-refractivity contribution in [3.63, 3.8) is 0 Å². The number of rotatable bonds is 5. The zero-order valence-corrected chi connectivity index (χ0v) is 16.8. The Kier molecular flexibility index (Phi) is 4.98. The van der Waals surface area contributed by atoms with Crippen LogP contribution in [0, 0.1) is 0 Å². The molecule has 12 heteroatoms. The molecule has 0 aliphatic carbocycles. The van der Waals surface area contributed by atoms with E-state index >= 15 is 0 Å². The van der Waals surface area contributed by atoms with Gasteiger partial charge in [0.1, 0.15) is 12.6 Å².